The van der Waals surface area contributed by atoms with Crippen LogP contribution in [0.15, 0.2) is 30.3 Å². The Hall–Kier alpha value is -1.78. The highest BCUT2D eigenvalue weighted by atomic mass is 19.4. The largest absolute Gasteiger partial charge is 0.435 e. The number of halogens is 3. The van der Waals surface area contributed by atoms with E-state index < -0.39 is 11.9 Å². The smallest absolute Gasteiger partial charge is 0.237 e. The van der Waals surface area contributed by atoms with Crippen LogP contribution in [0.1, 0.15) is 36.7 Å². The van der Waals surface area contributed by atoms with Crippen LogP contribution >= 0.6 is 0 Å². The molecule has 19 heavy (non-hydrogen) atoms. The van der Waals surface area contributed by atoms with E-state index in [9.17, 15) is 13.2 Å². The van der Waals surface area contributed by atoms with Crippen LogP contribution in [-0.2, 0) is 6.18 Å². The van der Waals surface area contributed by atoms with Gasteiger partial charge < -0.3 is 0 Å². The predicted molar refractivity (Wildman–Crippen MR) is 67.4 cm³/mol. The highest BCUT2D eigenvalue weighted by Gasteiger charge is 2.35. The van der Waals surface area contributed by atoms with Crippen LogP contribution in [-0.4, -0.2) is 9.78 Å². The minimum absolute atomic E-state index is 0.0371. The van der Waals surface area contributed by atoms with Gasteiger partial charge in [-0.05, 0) is 31.0 Å². The van der Waals surface area contributed by atoms with Gasteiger partial charge in [-0.1, -0.05) is 31.5 Å². The van der Waals surface area contributed by atoms with Crippen LogP contribution in [0.3, 0.4) is 0 Å². The first kappa shape index (κ1) is 13.6. The average molecular weight is 268 g/mol. The van der Waals surface area contributed by atoms with Gasteiger partial charge in [0.05, 0.1) is 5.69 Å². The zero-order chi connectivity index (χ0) is 14.2. The predicted octanol–water partition coefficient (Wildman–Crippen LogP) is 4.32. The minimum atomic E-state index is -4.42. The quantitative estimate of drug-likeness (QED) is 0.793. The zero-order valence-electron chi connectivity index (χ0n) is 11.0. The van der Waals surface area contributed by atoms with Gasteiger partial charge in [0.2, 0.25) is 0 Å². The Morgan fingerprint density at radius 1 is 1.11 bits per heavy atom. The Balaban J connectivity index is 2.55. The van der Waals surface area contributed by atoms with Crippen molar-refractivity contribution in [1.82, 2.24) is 9.78 Å². The molecule has 102 valence electrons. The summed E-state index contributed by atoms with van der Waals surface area (Å²) in [6, 6.07) is 8.37. The first-order valence-corrected chi connectivity index (χ1v) is 6.03. The SMILES string of the molecule is Cc1ccc(-n2nc(C(F)(F)F)cc2C(C)C)cc1. The number of nitrogens with zero attached hydrogens (tertiary/aromatic N) is 2. The summed E-state index contributed by atoms with van der Waals surface area (Å²) < 4.78 is 39.6. The van der Waals surface area contributed by atoms with Gasteiger partial charge in [0.25, 0.3) is 0 Å². The molecule has 0 radical (unpaired) electrons. The summed E-state index contributed by atoms with van der Waals surface area (Å²) >= 11 is 0. The lowest BCUT2D eigenvalue weighted by Crippen LogP contribution is -2.08. The van der Waals surface area contributed by atoms with Crippen LogP contribution in [0, 0.1) is 6.92 Å². The number of benzene rings is 1. The molecule has 0 bridgehead atoms. The van der Waals surface area contributed by atoms with Crippen molar-refractivity contribution in [3.63, 3.8) is 0 Å². The summed E-state index contributed by atoms with van der Waals surface area (Å²) in [5.74, 6) is -0.0371. The van der Waals surface area contributed by atoms with E-state index in [0.29, 0.717) is 11.4 Å². The molecule has 0 aliphatic rings. The third-order valence-corrected chi connectivity index (χ3v) is 2.90. The zero-order valence-corrected chi connectivity index (χ0v) is 11.0. The molecule has 0 fully saturated rings. The second-order valence-corrected chi connectivity index (χ2v) is 4.85. The lowest BCUT2D eigenvalue weighted by molar-refractivity contribution is -0.141. The van der Waals surface area contributed by atoms with E-state index in [1.807, 2.05) is 32.9 Å². The molecule has 1 aromatic carbocycles. The highest BCUT2D eigenvalue weighted by Crippen LogP contribution is 2.31. The molecule has 0 spiro atoms. The summed E-state index contributed by atoms with van der Waals surface area (Å²) in [6.45, 7) is 5.63. The van der Waals surface area contributed by atoms with E-state index in [-0.39, 0.29) is 5.92 Å². The Labute approximate surface area is 109 Å². The van der Waals surface area contributed by atoms with Gasteiger partial charge >= 0.3 is 6.18 Å². The van der Waals surface area contributed by atoms with Gasteiger partial charge in [-0.3, -0.25) is 0 Å². The van der Waals surface area contributed by atoms with E-state index in [1.165, 1.54) is 4.68 Å². The average Bonchev–Trinajstić information content (AvgIpc) is 2.74. The fraction of sp³-hybridized carbons (Fsp3) is 0.357. The molecule has 0 amide bonds. The first-order valence-electron chi connectivity index (χ1n) is 6.03. The third kappa shape index (κ3) is 2.80. The van der Waals surface area contributed by atoms with E-state index in [0.717, 1.165) is 11.6 Å². The Bertz CT molecular complexity index is 565. The molecule has 1 heterocycles. The second-order valence-electron chi connectivity index (χ2n) is 4.85. The van der Waals surface area contributed by atoms with Gasteiger partial charge in [0.15, 0.2) is 5.69 Å². The molecule has 2 aromatic rings. The highest BCUT2D eigenvalue weighted by molar-refractivity contribution is 5.36. The standard InChI is InChI=1S/C14H15F3N2/c1-9(2)12-8-13(14(15,16)17)18-19(12)11-6-4-10(3)5-7-11/h4-9H,1-3H3. The van der Waals surface area contributed by atoms with Crippen molar-refractivity contribution < 1.29 is 13.2 Å². The van der Waals surface area contributed by atoms with Crippen LogP contribution in [0.4, 0.5) is 13.2 Å². The van der Waals surface area contributed by atoms with Crippen LogP contribution in [0.5, 0.6) is 0 Å². The number of hydrogen-bond donors (Lipinski definition) is 0. The maximum absolute atomic E-state index is 12.7. The summed E-state index contributed by atoms with van der Waals surface area (Å²) in [5, 5.41) is 3.69. The number of rotatable bonds is 2. The number of aromatic nitrogens is 2. The summed E-state index contributed by atoms with van der Waals surface area (Å²) in [6.07, 6.45) is -4.42. The monoisotopic (exact) mass is 268 g/mol. The number of aryl methyl sites for hydroxylation is 1. The van der Waals surface area contributed by atoms with E-state index in [1.54, 1.807) is 12.1 Å². The molecule has 0 atom stereocenters. The van der Waals surface area contributed by atoms with Crippen LogP contribution in [0.2, 0.25) is 0 Å². The maximum atomic E-state index is 12.7. The molecule has 0 N–H and O–H groups in total. The van der Waals surface area contributed by atoms with Gasteiger partial charge in [0.1, 0.15) is 0 Å². The van der Waals surface area contributed by atoms with Crippen molar-refractivity contribution >= 4 is 0 Å². The van der Waals surface area contributed by atoms with Gasteiger partial charge in [0, 0.05) is 5.69 Å². The second kappa shape index (κ2) is 4.72. The van der Waals surface area contributed by atoms with Gasteiger partial charge in [-0.25, -0.2) is 4.68 Å². The summed E-state index contributed by atoms with van der Waals surface area (Å²) in [5.41, 5.74) is 1.40. The molecule has 0 saturated carbocycles. The van der Waals surface area contributed by atoms with Crippen molar-refractivity contribution in [3.8, 4) is 5.69 Å². The Morgan fingerprint density at radius 3 is 2.16 bits per heavy atom. The lowest BCUT2D eigenvalue weighted by atomic mass is 10.1. The van der Waals surface area contributed by atoms with Crippen LogP contribution in [0.25, 0.3) is 5.69 Å². The van der Waals surface area contributed by atoms with Crippen LogP contribution < -0.4 is 0 Å². The molecular weight excluding hydrogens is 253 g/mol. The maximum Gasteiger partial charge on any atom is 0.435 e. The van der Waals surface area contributed by atoms with Crippen molar-refractivity contribution in [1.29, 1.82) is 0 Å². The van der Waals surface area contributed by atoms with E-state index in [4.69, 9.17) is 0 Å². The van der Waals surface area contributed by atoms with Crippen molar-refractivity contribution in [2.45, 2.75) is 32.9 Å². The fourth-order valence-corrected chi connectivity index (χ4v) is 1.84. The normalized spacial score (nSPS) is 12.2. The summed E-state index contributed by atoms with van der Waals surface area (Å²) in [7, 11) is 0. The molecule has 2 nitrogen and oxygen atoms in total. The lowest BCUT2D eigenvalue weighted by Gasteiger charge is -2.10. The summed E-state index contributed by atoms with van der Waals surface area (Å²) in [4.78, 5) is 0. The van der Waals surface area contributed by atoms with Crippen molar-refractivity contribution in [2.24, 2.45) is 0 Å². The van der Waals surface area contributed by atoms with Crippen molar-refractivity contribution in [3.05, 3.63) is 47.3 Å². The Morgan fingerprint density at radius 2 is 1.68 bits per heavy atom. The van der Waals surface area contributed by atoms with Gasteiger partial charge in [-0.2, -0.15) is 18.3 Å². The molecule has 0 aliphatic carbocycles. The van der Waals surface area contributed by atoms with Crippen molar-refractivity contribution in [2.75, 3.05) is 0 Å². The first-order chi connectivity index (χ1) is 8.79. The van der Waals surface area contributed by atoms with E-state index >= 15 is 0 Å². The third-order valence-electron chi connectivity index (χ3n) is 2.90. The number of hydrogen-bond acceptors (Lipinski definition) is 1. The van der Waals surface area contributed by atoms with Gasteiger partial charge in [-0.15, -0.1) is 0 Å². The van der Waals surface area contributed by atoms with E-state index in [2.05, 4.69) is 5.10 Å². The molecule has 5 heteroatoms. The number of alkyl halides is 3. The molecule has 0 unspecified atom stereocenters. The molecule has 1 aromatic heterocycles. The molecular formula is C14H15F3N2. The molecule has 0 aliphatic heterocycles. The minimum Gasteiger partial charge on any atom is -0.237 e. The molecule has 2 rings (SSSR count). The fourth-order valence-electron chi connectivity index (χ4n) is 1.84. The Kier molecular flexibility index (Phi) is 3.39. The molecule has 0 saturated heterocycles. The topological polar surface area (TPSA) is 17.8 Å².